The lowest BCUT2D eigenvalue weighted by atomic mass is 9.55. The average Bonchev–Trinajstić information content (AvgIpc) is 2.98. The first-order chi connectivity index (χ1) is 12.6. The molecule has 0 amide bonds. The molecule has 3 aliphatic carbocycles. The SMILES string of the molecule is C=C[C@]12[C@H](CC[C@@H]1C#N)C[C@@]1(O)CC(C)(C)/C(=C\[Si](C)(C)C)[C@]12C[Si](C)(C)C. The lowest BCUT2D eigenvalue weighted by molar-refractivity contribution is -0.0540. The molecule has 0 spiro atoms. The van der Waals surface area contributed by atoms with Gasteiger partial charge in [0.05, 0.1) is 25.7 Å². The molecule has 0 aromatic heterocycles. The van der Waals surface area contributed by atoms with Crippen molar-refractivity contribution in [2.45, 2.75) is 90.5 Å². The molecule has 0 saturated heterocycles. The zero-order valence-electron chi connectivity index (χ0n) is 19.4. The summed E-state index contributed by atoms with van der Waals surface area (Å²) in [5.74, 6) is 0.358. The van der Waals surface area contributed by atoms with Crippen LogP contribution < -0.4 is 0 Å². The third kappa shape index (κ3) is 2.80. The van der Waals surface area contributed by atoms with Crippen molar-refractivity contribution in [1.82, 2.24) is 0 Å². The van der Waals surface area contributed by atoms with Gasteiger partial charge in [-0.1, -0.05) is 70.5 Å². The van der Waals surface area contributed by atoms with Crippen LogP contribution in [0.5, 0.6) is 0 Å². The maximum Gasteiger partial charge on any atom is 0.0758 e. The molecule has 0 aromatic carbocycles. The summed E-state index contributed by atoms with van der Waals surface area (Å²) in [5, 5.41) is 22.6. The molecule has 3 fully saturated rings. The normalized spacial score (nSPS) is 43.6. The zero-order valence-corrected chi connectivity index (χ0v) is 21.4. The van der Waals surface area contributed by atoms with Crippen molar-refractivity contribution >= 4 is 16.1 Å². The number of nitrogens with zero attached hydrogens (tertiary/aromatic N) is 1. The van der Waals surface area contributed by atoms with Gasteiger partial charge in [0.1, 0.15) is 0 Å². The van der Waals surface area contributed by atoms with E-state index in [1.807, 2.05) is 0 Å². The molecule has 28 heavy (non-hydrogen) atoms. The topological polar surface area (TPSA) is 44.0 Å². The highest BCUT2D eigenvalue weighted by Crippen LogP contribution is 2.81. The van der Waals surface area contributed by atoms with Crippen molar-refractivity contribution < 1.29 is 5.11 Å². The maximum atomic E-state index is 12.4. The first-order valence-corrected chi connectivity index (χ1v) is 18.4. The van der Waals surface area contributed by atoms with E-state index in [9.17, 15) is 10.4 Å². The summed E-state index contributed by atoms with van der Waals surface area (Å²) < 4.78 is 0. The fourth-order valence-corrected chi connectivity index (χ4v) is 11.7. The molecule has 4 heteroatoms. The van der Waals surface area contributed by atoms with E-state index in [1.165, 1.54) is 5.57 Å². The van der Waals surface area contributed by atoms with E-state index in [4.69, 9.17) is 0 Å². The van der Waals surface area contributed by atoms with Gasteiger partial charge in [0, 0.05) is 18.9 Å². The fraction of sp³-hybridized carbons (Fsp3) is 0.792. The monoisotopic (exact) mass is 415 g/mol. The molecule has 0 radical (unpaired) electrons. The number of nitriles is 1. The predicted molar refractivity (Wildman–Crippen MR) is 124 cm³/mol. The lowest BCUT2D eigenvalue weighted by Crippen LogP contribution is -2.54. The standard InChI is InChI=1S/C24H41NOSi2/c1-10-23-18(11-12-19(23)14-25)13-22(26)16-21(2,3)20(15-27(4,5)6)24(22,23)17-28(7,8)9/h10,15,18-19,26H,1,11-13,16-17H2,2-9H3/b20-15+/t18-,19-,22-,23+,24-/m1/s1. The molecule has 3 rings (SSSR count). The quantitative estimate of drug-likeness (QED) is 0.426. The van der Waals surface area contributed by atoms with E-state index in [0.717, 1.165) is 31.7 Å². The van der Waals surface area contributed by atoms with Gasteiger partial charge in [0.15, 0.2) is 0 Å². The second-order valence-corrected chi connectivity index (χ2v) is 23.5. The Hall–Kier alpha value is -0.636. The molecule has 1 N–H and O–H groups in total. The molecular formula is C24H41NOSi2. The summed E-state index contributed by atoms with van der Waals surface area (Å²) >= 11 is 0. The van der Waals surface area contributed by atoms with Crippen LogP contribution in [-0.2, 0) is 0 Å². The lowest BCUT2D eigenvalue weighted by Gasteiger charge is -2.53. The summed E-state index contributed by atoms with van der Waals surface area (Å²) in [6.07, 6.45) is 5.83. The Bertz CT molecular complexity index is 750. The molecule has 156 valence electrons. The minimum Gasteiger partial charge on any atom is -0.389 e. The number of fused-ring (bicyclic) bond motifs is 3. The van der Waals surface area contributed by atoms with E-state index in [1.54, 1.807) is 0 Å². The first kappa shape index (κ1) is 22.1. The summed E-state index contributed by atoms with van der Waals surface area (Å²) in [5.41, 5.74) is 2.74. The van der Waals surface area contributed by atoms with Crippen molar-refractivity contribution in [2.75, 3.05) is 0 Å². The number of hydrogen-bond donors (Lipinski definition) is 1. The summed E-state index contributed by atoms with van der Waals surface area (Å²) in [4.78, 5) is 0. The molecule has 0 heterocycles. The van der Waals surface area contributed by atoms with E-state index in [2.05, 4.69) is 77.6 Å². The molecule has 3 aliphatic rings. The second kappa shape index (κ2) is 6.19. The highest BCUT2D eigenvalue weighted by Gasteiger charge is 2.79. The van der Waals surface area contributed by atoms with Crippen molar-refractivity contribution in [3.05, 3.63) is 23.9 Å². The number of rotatable bonds is 4. The Kier molecular flexibility index (Phi) is 4.87. The van der Waals surface area contributed by atoms with Gasteiger partial charge in [-0.25, -0.2) is 0 Å². The van der Waals surface area contributed by atoms with E-state index < -0.39 is 21.7 Å². The van der Waals surface area contributed by atoms with Crippen LogP contribution in [-0.4, -0.2) is 26.9 Å². The average molecular weight is 416 g/mol. The Morgan fingerprint density at radius 3 is 2.25 bits per heavy atom. The van der Waals surface area contributed by atoms with Gasteiger partial charge in [0.25, 0.3) is 0 Å². The number of hydrogen-bond acceptors (Lipinski definition) is 2. The van der Waals surface area contributed by atoms with Gasteiger partial charge >= 0.3 is 0 Å². The molecule has 0 aromatic rings. The molecular weight excluding hydrogens is 374 g/mol. The van der Waals surface area contributed by atoms with Crippen LogP contribution in [0.1, 0.15) is 39.5 Å². The van der Waals surface area contributed by atoms with Crippen LogP contribution in [0.25, 0.3) is 0 Å². The Labute approximate surface area is 175 Å². The molecule has 0 aliphatic heterocycles. The van der Waals surface area contributed by atoms with Crippen LogP contribution in [0.2, 0.25) is 45.3 Å². The van der Waals surface area contributed by atoms with Crippen molar-refractivity contribution in [3.63, 3.8) is 0 Å². The summed E-state index contributed by atoms with van der Waals surface area (Å²) in [6.45, 7) is 23.5. The minimum absolute atomic E-state index is 0.0284. The van der Waals surface area contributed by atoms with Gasteiger partial charge in [-0.15, -0.1) is 6.58 Å². The van der Waals surface area contributed by atoms with Crippen molar-refractivity contribution in [1.29, 1.82) is 5.26 Å². The molecule has 0 unspecified atom stereocenters. The van der Waals surface area contributed by atoms with Gasteiger partial charge in [-0.05, 0) is 43.1 Å². The maximum absolute atomic E-state index is 12.4. The van der Waals surface area contributed by atoms with Crippen LogP contribution in [0.4, 0.5) is 0 Å². The molecule has 2 nitrogen and oxygen atoms in total. The molecule has 0 bridgehead atoms. The number of allylic oxidation sites excluding steroid dienone is 1. The van der Waals surface area contributed by atoms with Crippen LogP contribution >= 0.6 is 0 Å². The van der Waals surface area contributed by atoms with Crippen LogP contribution in [0.15, 0.2) is 23.9 Å². The molecule has 3 saturated carbocycles. The summed E-state index contributed by atoms with van der Waals surface area (Å²) in [6, 6.07) is 3.75. The number of aliphatic hydroxyl groups is 1. The second-order valence-electron chi connectivity index (χ2n) is 13.0. The van der Waals surface area contributed by atoms with Crippen molar-refractivity contribution in [2.24, 2.45) is 28.1 Å². The van der Waals surface area contributed by atoms with Crippen LogP contribution in [0, 0.1) is 39.4 Å². The van der Waals surface area contributed by atoms with Gasteiger partial charge in [-0.2, -0.15) is 5.26 Å². The van der Waals surface area contributed by atoms with Gasteiger partial charge < -0.3 is 5.11 Å². The Morgan fingerprint density at radius 1 is 1.18 bits per heavy atom. The first-order valence-electron chi connectivity index (χ1n) is 11.1. The van der Waals surface area contributed by atoms with Crippen LogP contribution in [0.3, 0.4) is 0 Å². The zero-order chi connectivity index (χ0) is 21.4. The Morgan fingerprint density at radius 2 is 1.79 bits per heavy atom. The summed E-state index contributed by atoms with van der Waals surface area (Å²) in [7, 11) is -3.08. The minimum atomic E-state index is -1.55. The fourth-order valence-electron chi connectivity index (χ4n) is 7.76. The smallest absolute Gasteiger partial charge is 0.0758 e. The molecule has 5 atom stereocenters. The van der Waals surface area contributed by atoms with Gasteiger partial charge in [0.2, 0.25) is 0 Å². The van der Waals surface area contributed by atoms with E-state index >= 15 is 0 Å². The highest BCUT2D eigenvalue weighted by atomic mass is 28.3. The van der Waals surface area contributed by atoms with E-state index in [0.29, 0.717) is 5.92 Å². The largest absolute Gasteiger partial charge is 0.389 e. The van der Waals surface area contributed by atoms with Gasteiger partial charge in [-0.3, -0.25) is 0 Å². The predicted octanol–water partition coefficient (Wildman–Crippen LogP) is 6.40. The Balaban J connectivity index is 2.43. The third-order valence-corrected chi connectivity index (χ3v) is 10.7. The van der Waals surface area contributed by atoms with Crippen molar-refractivity contribution in [3.8, 4) is 6.07 Å². The highest BCUT2D eigenvalue weighted by molar-refractivity contribution is 6.81. The van der Waals surface area contributed by atoms with E-state index in [-0.39, 0.29) is 22.2 Å². The third-order valence-electron chi connectivity index (χ3n) is 7.96.